The topological polar surface area (TPSA) is 231 Å². The highest BCUT2D eigenvalue weighted by Gasteiger charge is 2.29. The lowest BCUT2D eigenvalue weighted by Crippen LogP contribution is -2.30. The lowest BCUT2D eigenvalue weighted by atomic mass is 10.0. The van der Waals surface area contributed by atoms with E-state index in [0.717, 1.165) is 186 Å². The molecule has 121 heavy (non-hydrogen) atoms. The first-order chi connectivity index (χ1) is 59.2. The summed E-state index contributed by atoms with van der Waals surface area (Å²) >= 11 is 0. The number of carbonyl (C=O) groups excluding carboxylic acids is 3. The van der Waals surface area contributed by atoms with Crippen molar-refractivity contribution < 1.29 is 75.8 Å². The first kappa shape index (κ1) is 115. The highest BCUT2D eigenvalue weighted by atomic mass is 31.2. The van der Waals surface area contributed by atoms with E-state index >= 15 is 0 Å². The molecule has 4 N–H and O–H groups in total. The van der Waals surface area contributed by atoms with Crippen molar-refractivity contribution in [1.82, 2.24) is 0 Å². The molecule has 0 aliphatic rings. The molecule has 18 heteroatoms. The molecule has 16 nitrogen and oxygen atoms in total. The average Bonchev–Trinajstić information content (AvgIpc) is 0.895. The third kappa shape index (κ3) is 94.6. The Morgan fingerprint density at radius 1 is 0.231 bits per heavy atom. The number of phosphoric acid groups is 2. The number of ether oxygens (including phenoxy) is 3. The molecule has 0 aliphatic heterocycles. The van der Waals surface area contributed by atoms with Gasteiger partial charge in [0.15, 0.2) is 6.10 Å². The van der Waals surface area contributed by atoms with Gasteiger partial charge in [-0.15, -0.1) is 0 Å². The van der Waals surface area contributed by atoms with Crippen LogP contribution in [-0.2, 0) is 55.8 Å². The number of hydrogen-bond acceptors (Lipinski definition) is 14. The fourth-order valence-electron chi connectivity index (χ4n) is 12.4. The third-order valence-electron chi connectivity index (χ3n) is 19.5. The van der Waals surface area contributed by atoms with E-state index in [2.05, 4.69) is 227 Å². The molecule has 0 heterocycles. The Bertz CT molecular complexity index is 3030. The van der Waals surface area contributed by atoms with Gasteiger partial charge in [0.05, 0.1) is 26.4 Å². The summed E-state index contributed by atoms with van der Waals surface area (Å²) in [6.45, 7) is 2.32. The SMILES string of the molecule is CC/C=C\C/C=C\C/C=C\C/C=C\C/C=C\C/C=C\CCCCCCCCCCCCCCCCC(=O)OCC(O)COP(=O)(O)OCC(O)COP(=O)(O)OCC(COC(=O)CCCCCCCCCCCCCCCC/C=C\C/C=C\C/C=C\C/C=C\C/C=C\C/C=C\CC)OC(=O)CCCCC/C=C\C/C=C\C/C=C\C/C=C\C/C=C\CC. The van der Waals surface area contributed by atoms with E-state index in [1.807, 2.05) is 0 Å². The van der Waals surface area contributed by atoms with Crippen LogP contribution in [0.2, 0.25) is 0 Å². The average molecular weight is 1730 g/mol. The van der Waals surface area contributed by atoms with Crippen LogP contribution in [0.25, 0.3) is 0 Å². The van der Waals surface area contributed by atoms with E-state index in [4.69, 9.17) is 32.3 Å². The summed E-state index contributed by atoms with van der Waals surface area (Å²) in [6, 6.07) is 0. The molecule has 688 valence electrons. The zero-order chi connectivity index (χ0) is 87.9. The van der Waals surface area contributed by atoms with Crippen molar-refractivity contribution in [3.05, 3.63) is 207 Å². The van der Waals surface area contributed by atoms with E-state index in [0.29, 0.717) is 19.3 Å². The van der Waals surface area contributed by atoms with Gasteiger partial charge in [-0.1, -0.05) is 388 Å². The van der Waals surface area contributed by atoms with Crippen LogP contribution in [0.4, 0.5) is 0 Å². The van der Waals surface area contributed by atoms with Gasteiger partial charge >= 0.3 is 33.6 Å². The second-order valence-corrected chi connectivity index (χ2v) is 33.9. The van der Waals surface area contributed by atoms with E-state index in [1.54, 1.807) is 0 Å². The molecule has 0 rings (SSSR count). The van der Waals surface area contributed by atoms with Gasteiger partial charge in [-0.3, -0.25) is 32.5 Å². The van der Waals surface area contributed by atoms with Gasteiger partial charge in [0.25, 0.3) is 0 Å². The summed E-state index contributed by atoms with van der Waals surface area (Å²) in [5, 5.41) is 20.7. The number of aliphatic hydroxyl groups is 2. The smallest absolute Gasteiger partial charge is 0.463 e. The second-order valence-electron chi connectivity index (χ2n) is 31.0. The highest BCUT2D eigenvalue weighted by molar-refractivity contribution is 7.47. The van der Waals surface area contributed by atoms with Crippen LogP contribution < -0.4 is 0 Å². The molecular weight excluding hydrogens is 1560 g/mol. The quantitative estimate of drug-likeness (QED) is 0.0146. The highest BCUT2D eigenvalue weighted by Crippen LogP contribution is 2.45. The second kappa shape index (κ2) is 93.3. The summed E-state index contributed by atoms with van der Waals surface area (Å²) in [6.07, 6.45) is 126. The van der Waals surface area contributed by atoms with Crippen LogP contribution in [0.3, 0.4) is 0 Å². The Labute approximate surface area is 737 Å². The molecule has 0 aromatic heterocycles. The van der Waals surface area contributed by atoms with Crippen LogP contribution in [0.1, 0.15) is 367 Å². The number of phosphoric ester groups is 2. The molecule has 5 unspecified atom stereocenters. The number of hydrogen-bond donors (Lipinski definition) is 4. The van der Waals surface area contributed by atoms with E-state index in [1.165, 1.54) is 122 Å². The zero-order valence-electron chi connectivity index (χ0n) is 75.9. The van der Waals surface area contributed by atoms with Gasteiger partial charge in [0.1, 0.15) is 25.4 Å². The third-order valence-corrected chi connectivity index (χ3v) is 21.4. The predicted octanol–water partition coefficient (Wildman–Crippen LogP) is 29.6. The van der Waals surface area contributed by atoms with Crippen LogP contribution in [-0.4, -0.2) is 95.9 Å². The zero-order valence-corrected chi connectivity index (χ0v) is 77.7. The van der Waals surface area contributed by atoms with Crippen molar-refractivity contribution in [2.45, 2.75) is 386 Å². The first-order valence-electron chi connectivity index (χ1n) is 47.4. The van der Waals surface area contributed by atoms with Crippen molar-refractivity contribution in [1.29, 1.82) is 0 Å². The fraction of sp³-hybridized carbons (Fsp3) is 0.641. The number of allylic oxidation sites excluding steroid dienone is 34. The Morgan fingerprint density at radius 2 is 0.413 bits per heavy atom. The van der Waals surface area contributed by atoms with E-state index in [9.17, 15) is 43.5 Å². The Morgan fingerprint density at radius 3 is 0.661 bits per heavy atom. The summed E-state index contributed by atoms with van der Waals surface area (Å²) in [5.41, 5.74) is 0. The van der Waals surface area contributed by atoms with Gasteiger partial charge in [-0.05, 0) is 167 Å². The normalized spacial score (nSPS) is 14.7. The van der Waals surface area contributed by atoms with Crippen LogP contribution in [0.5, 0.6) is 0 Å². The largest absolute Gasteiger partial charge is 0.472 e. The Balaban J connectivity index is 4.56. The number of aliphatic hydroxyl groups excluding tert-OH is 2. The van der Waals surface area contributed by atoms with Crippen LogP contribution >= 0.6 is 15.6 Å². The maximum atomic E-state index is 13.1. The van der Waals surface area contributed by atoms with Gasteiger partial charge in [-0.2, -0.15) is 0 Å². The minimum Gasteiger partial charge on any atom is -0.463 e. The lowest BCUT2D eigenvalue weighted by molar-refractivity contribution is -0.161. The Hall–Kier alpha value is -5.87. The molecule has 0 aromatic rings. The lowest BCUT2D eigenvalue weighted by Gasteiger charge is -2.21. The maximum absolute atomic E-state index is 13.1. The molecule has 0 amide bonds. The van der Waals surface area contributed by atoms with Crippen LogP contribution in [0.15, 0.2) is 207 Å². The molecule has 0 bridgehead atoms. The Kier molecular flexibility index (Phi) is 88.8. The van der Waals surface area contributed by atoms with Crippen molar-refractivity contribution in [2.75, 3.05) is 39.6 Å². The molecule has 0 spiro atoms. The molecule has 0 aliphatic carbocycles. The van der Waals surface area contributed by atoms with Gasteiger partial charge in [-0.25, -0.2) is 9.13 Å². The molecular formula is C103H170O16P2. The van der Waals surface area contributed by atoms with Crippen molar-refractivity contribution in [3.63, 3.8) is 0 Å². The predicted molar refractivity (Wildman–Crippen MR) is 509 cm³/mol. The van der Waals surface area contributed by atoms with Crippen molar-refractivity contribution >= 4 is 33.6 Å². The summed E-state index contributed by atoms with van der Waals surface area (Å²) in [7, 11) is -9.83. The summed E-state index contributed by atoms with van der Waals surface area (Å²) in [4.78, 5) is 59.0. The standard InChI is InChI=1S/C103H170O16P2/c1-4-7-10-13-16-19-22-25-28-31-34-36-38-40-42-44-46-48-50-52-54-56-58-60-63-65-68-71-74-77-80-83-86-89-101(106)113-92-98(104)93-115-120(109,110)116-94-99(105)95-117-121(111,112)118-97-100(119-103(108)91-88-85-82-79-76-73-70-67-62-33-30-27-24-21-18-15-12-9-6-3)96-114-102(107)90-87-84-81-78-75-72-69-66-64-61-59-57-55-53-51-49-47-45-43-41-39-37-35-32-29-26-23-20-17-14-11-8-5-2/h7-12,16-21,25-30,34-37,40-43,46-49,62,67,73,76,98-100,104-105H,4-6,13-15,22-24,31-33,38-39,44-45,50-61,63-66,68-72,74-75,77-97H2,1-3H3,(H,109,110)(H,111,112)/b10-7-,11-8-,12-9-,19-16-,20-17-,21-18-,28-25-,29-26-,30-27-,36-34-,37-35-,42-40-,43-41-,48-46-,49-47-,67-62-,76-73-. The van der Waals surface area contributed by atoms with Gasteiger partial charge in [0.2, 0.25) is 0 Å². The minimum absolute atomic E-state index is 0.0598. The van der Waals surface area contributed by atoms with Gasteiger partial charge < -0.3 is 34.2 Å². The number of rotatable bonds is 88. The fourth-order valence-corrected chi connectivity index (χ4v) is 14.0. The number of unbranched alkanes of at least 4 members (excludes halogenated alkanes) is 31. The first-order valence-corrected chi connectivity index (χ1v) is 50.4. The summed E-state index contributed by atoms with van der Waals surface area (Å²) < 4.78 is 61.5. The molecule has 0 fully saturated rings. The van der Waals surface area contributed by atoms with Crippen molar-refractivity contribution in [2.24, 2.45) is 0 Å². The monoisotopic (exact) mass is 1730 g/mol. The van der Waals surface area contributed by atoms with E-state index in [-0.39, 0.29) is 19.3 Å². The van der Waals surface area contributed by atoms with E-state index < -0.39 is 91.5 Å². The number of carbonyl (C=O) groups is 3. The number of esters is 3. The van der Waals surface area contributed by atoms with Gasteiger partial charge in [0, 0.05) is 19.3 Å². The summed E-state index contributed by atoms with van der Waals surface area (Å²) in [5.74, 6) is -1.61. The molecule has 0 saturated carbocycles. The molecule has 5 atom stereocenters. The van der Waals surface area contributed by atoms with Crippen molar-refractivity contribution in [3.8, 4) is 0 Å². The molecule has 0 aromatic carbocycles. The van der Waals surface area contributed by atoms with Crippen LogP contribution in [0, 0.1) is 0 Å². The molecule has 0 saturated heterocycles. The minimum atomic E-state index is -4.96. The molecule has 0 radical (unpaired) electrons. The maximum Gasteiger partial charge on any atom is 0.472 e.